The van der Waals surface area contributed by atoms with Crippen LogP contribution in [-0.4, -0.2) is 41.1 Å². The van der Waals surface area contributed by atoms with E-state index in [9.17, 15) is 9.59 Å². The van der Waals surface area contributed by atoms with E-state index in [0.29, 0.717) is 24.2 Å². The van der Waals surface area contributed by atoms with Gasteiger partial charge in [-0.3, -0.25) is 9.59 Å². The first-order valence-electron chi connectivity index (χ1n) is 12.4. The number of hydrogen-bond donors (Lipinski definition) is 3. The number of aromatic nitrogens is 1. The lowest BCUT2D eigenvalue weighted by Gasteiger charge is -2.39. The maximum atomic E-state index is 12.5. The van der Waals surface area contributed by atoms with E-state index < -0.39 is 0 Å². The summed E-state index contributed by atoms with van der Waals surface area (Å²) >= 11 is 0. The van der Waals surface area contributed by atoms with Crippen molar-refractivity contribution in [3.8, 4) is 17.2 Å². The number of fused-ring (bicyclic) bond motifs is 1. The van der Waals surface area contributed by atoms with Gasteiger partial charge in [0.05, 0.1) is 18.2 Å². The van der Waals surface area contributed by atoms with Crippen molar-refractivity contribution in [3.63, 3.8) is 0 Å². The summed E-state index contributed by atoms with van der Waals surface area (Å²) < 4.78 is 0. The van der Waals surface area contributed by atoms with E-state index in [1.807, 2.05) is 48.2 Å². The molecule has 2 heterocycles. The van der Waals surface area contributed by atoms with Crippen molar-refractivity contribution < 1.29 is 14.7 Å². The summed E-state index contributed by atoms with van der Waals surface area (Å²) in [4.78, 5) is 30.5. The Labute approximate surface area is 217 Å². The van der Waals surface area contributed by atoms with Gasteiger partial charge in [-0.25, -0.2) is 4.98 Å². The molecule has 0 saturated heterocycles. The molecule has 0 saturated carbocycles. The predicted octanol–water partition coefficient (Wildman–Crippen LogP) is 3.96. The number of nitriles is 1. The summed E-state index contributed by atoms with van der Waals surface area (Å²) in [5, 5.41) is 24.1. The average molecular weight is 498 g/mol. The molecule has 2 unspecified atom stereocenters. The molecule has 1 aliphatic heterocycles. The molecule has 37 heavy (non-hydrogen) atoms. The molecule has 2 atom stereocenters. The smallest absolute Gasteiger partial charge is 0.224 e. The Morgan fingerprint density at radius 2 is 1.89 bits per heavy atom. The molecule has 0 bridgehead atoms. The number of carbonyl (C=O) groups is 2. The summed E-state index contributed by atoms with van der Waals surface area (Å²) in [6.45, 7) is 3.84. The highest BCUT2D eigenvalue weighted by Gasteiger charge is 2.32. The van der Waals surface area contributed by atoms with Crippen LogP contribution >= 0.6 is 0 Å². The van der Waals surface area contributed by atoms with Crippen LogP contribution in [0.4, 0.5) is 11.5 Å². The average Bonchev–Trinajstić information content (AvgIpc) is 2.91. The molecule has 8 nitrogen and oxygen atoms in total. The maximum absolute atomic E-state index is 12.5. The number of aryl methyl sites for hydroxylation is 1. The first-order chi connectivity index (χ1) is 17.9. The third-order valence-electron chi connectivity index (χ3n) is 6.60. The fourth-order valence-corrected chi connectivity index (χ4v) is 4.79. The SMILES string of the molecule is CC(=O)N1c2ccc(-c3ccc(CCC(=O)NCCO)cc3)cc2C(Nc2ccc(C#N)cn2)CC1C. The quantitative estimate of drug-likeness (QED) is 0.434. The van der Waals surface area contributed by atoms with Crippen LogP contribution < -0.4 is 15.5 Å². The molecule has 3 aromatic rings. The Bertz CT molecular complexity index is 1300. The van der Waals surface area contributed by atoms with Crippen molar-refractivity contribution in [2.24, 2.45) is 0 Å². The number of aliphatic hydroxyl groups excluding tert-OH is 1. The Hall–Kier alpha value is -4.22. The van der Waals surface area contributed by atoms with E-state index in [1.165, 1.54) is 0 Å². The highest BCUT2D eigenvalue weighted by atomic mass is 16.3. The molecule has 8 heteroatoms. The van der Waals surface area contributed by atoms with Crippen LogP contribution in [0, 0.1) is 11.3 Å². The Kier molecular flexibility index (Phi) is 8.16. The topological polar surface area (TPSA) is 118 Å². The summed E-state index contributed by atoms with van der Waals surface area (Å²) in [5.41, 5.74) is 5.53. The Morgan fingerprint density at radius 3 is 2.54 bits per heavy atom. The van der Waals surface area contributed by atoms with Gasteiger partial charge in [-0.2, -0.15) is 5.26 Å². The van der Waals surface area contributed by atoms with Gasteiger partial charge >= 0.3 is 0 Å². The number of benzene rings is 2. The minimum atomic E-state index is -0.0765. The Balaban J connectivity index is 1.58. The lowest BCUT2D eigenvalue weighted by Crippen LogP contribution is -2.43. The zero-order valence-corrected chi connectivity index (χ0v) is 21.1. The van der Waals surface area contributed by atoms with Gasteiger partial charge < -0.3 is 20.6 Å². The van der Waals surface area contributed by atoms with Gasteiger partial charge in [-0.15, -0.1) is 0 Å². The third kappa shape index (κ3) is 6.13. The zero-order chi connectivity index (χ0) is 26.4. The van der Waals surface area contributed by atoms with Crippen LogP contribution in [0.1, 0.15) is 49.4 Å². The van der Waals surface area contributed by atoms with E-state index in [4.69, 9.17) is 10.4 Å². The number of nitrogens with one attached hydrogen (secondary N) is 2. The molecule has 190 valence electrons. The van der Waals surface area contributed by atoms with Gasteiger partial charge in [0.15, 0.2) is 0 Å². The number of pyridine rings is 1. The number of anilines is 2. The van der Waals surface area contributed by atoms with Gasteiger partial charge in [-0.1, -0.05) is 30.3 Å². The van der Waals surface area contributed by atoms with Crippen molar-refractivity contribution in [1.82, 2.24) is 10.3 Å². The molecule has 0 spiro atoms. The second kappa shape index (κ2) is 11.7. The van der Waals surface area contributed by atoms with Gasteiger partial charge in [0, 0.05) is 37.8 Å². The molecule has 0 radical (unpaired) electrons. The fourth-order valence-electron chi connectivity index (χ4n) is 4.79. The molecule has 1 aliphatic rings. The van der Waals surface area contributed by atoms with Crippen molar-refractivity contribution in [1.29, 1.82) is 5.26 Å². The van der Waals surface area contributed by atoms with Gasteiger partial charge in [-0.05, 0) is 66.3 Å². The third-order valence-corrected chi connectivity index (χ3v) is 6.60. The summed E-state index contributed by atoms with van der Waals surface area (Å²) in [6.07, 6.45) is 3.26. The van der Waals surface area contributed by atoms with E-state index in [2.05, 4.69) is 27.8 Å². The molecule has 0 aliphatic carbocycles. The number of aliphatic hydroxyl groups is 1. The summed E-state index contributed by atoms with van der Waals surface area (Å²) in [7, 11) is 0. The molecule has 2 amide bonds. The van der Waals surface area contributed by atoms with Crippen LogP contribution in [0.25, 0.3) is 11.1 Å². The molecular weight excluding hydrogens is 466 g/mol. The highest BCUT2D eigenvalue weighted by molar-refractivity contribution is 5.94. The lowest BCUT2D eigenvalue weighted by atomic mass is 9.89. The number of carbonyl (C=O) groups excluding carboxylic acids is 2. The molecular formula is C29H31N5O3. The van der Waals surface area contributed by atoms with Crippen LogP contribution in [0.15, 0.2) is 60.8 Å². The lowest BCUT2D eigenvalue weighted by molar-refractivity contribution is -0.121. The number of amides is 2. The molecule has 1 aromatic heterocycles. The minimum absolute atomic E-state index is 0.00354. The zero-order valence-electron chi connectivity index (χ0n) is 21.1. The first-order valence-corrected chi connectivity index (χ1v) is 12.4. The molecule has 2 aromatic carbocycles. The largest absolute Gasteiger partial charge is 0.395 e. The van der Waals surface area contributed by atoms with Crippen molar-refractivity contribution in [3.05, 3.63) is 77.5 Å². The first kappa shape index (κ1) is 25.9. The standard InChI is InChI=1S/C29H31N5O3/c1-19-15-26(33-28-11-5-22(17-30)18-32-28)25-16-24(9-10-27(25)34(19)20(2)36)23-7-3-21(4-8-23)6-12-29(37)31-13-14-35/h3-5,7-11,16,18-19,26,35H,6,12-15H2,1-2H3,(H,31,37)(H,32,33). The highest BCUT2D eigenvalue weighted by Crippen LogP contribution is 2.41. The number of rotatable bonds is 8. The monoisotopic (exact) mass is 497 g/mol. The minimum Gasteiger partial charge on any atom is -0.395 e. The predicted molar refractivity (Wildman–Crippen MR) is 143 cm³/mol. The van der Waals surface area contributed by atoms with Crippen LogP contribution in [0.2, 0.25) is 0 Å². The summed E-state index contributed by atoms with van der Waals surface area (Å²) in [5.74, 6) is 0.604. The van der Waals surface area contributed by atoms with E-state index in [1.54, 1.807) is 25.3 Å². The second-order valence-corrected chi connectivity index (χ2v) is 9.26. The number of nitrogens with zero attached hydrogens (tertiary/aromatic N) is 3. The van der Waals surface area contributed by atoms with Crippen molar-refractivity contribution >= 4 is 23.3 Å². The fraction of sp³-hybridized carbons (Fsp3) is 0.310. The van der Waals surface area contributed by atoms with Gasteiger partial charge in [0.1, 0.15) is 11.9 Å². The van der Waals surface area contributed by atoms with Crippen molar-refractivity contribution in [2.45, 2.75) is 45.2 Å². The van der Waals surface area contributed by atoms with Gasteiger partial charge in [0.2, 0.25) is 11.8 Å². The van der Waals surface area contributed by atoms with E-state index >= 15 is 0 Å². The Morgan fingerprint density at radius 1 is 1.14 bits per heavy atom. The normalized spacial score (nSPS) is 16.4. The van der Waals surface area contributed by atoms with E-state index in [-0.39, 0.29) is 37.0 Å². The second-order valence-electron chi connectivity index (χ2n) is 9.26. The van der Waals surface area contributed by atoms with Gasteiger partial charge in [0.25, 0.3) is 0 Å². The molecule has 4 rings (SSSR count). The molecule has 0 fully saturated rings. The van der Waals surface area contributed by atoms with Crippen molar-refractivity contribution in [2.75, 3.05) is 23.4 Å². The molecule has 3 N–H and O–H groups in total. The van der Waals surface area contributed by atoms with Crippen LogP contribution in [-0.2, 0) is 16.0 Å². The number of hydrogen-bond acceptors (Lipinski definition) is 6. The van der Waals surface area contributed by atoms with Crippen LogP contribution in [0.5, 0.6) is 0 Å². The van der Waals surface area contributed by atoms with E-state index in [0.717, 1.165) is 34.4 Å². The summed E-state index contributed by atoms with van der Waals surface area (Å²) in [6, 6.07) is 19.9. The van der Waals surface area contributed by atoms with Crippen LogP contribution in [0.3, 0.4) is 0 Å². The maximum Gasteiger partial charge on any atom is 0.224 e.